The molecular formula is C35H37ClN4O5. The largest absolute Gasteiger partial charge is 0.490 e. The zero-order valence-corrected chi connectivity index (χ0v) is 26.7. The lowest BCUT2D eigenvalue weighted by Gasteiger charge is -2.28. The van der Waals surface area contributed by atoms with Crippen LogP contribution in [-0.2, 0) is 4.74 Å². The fourth-order valence-electron chi connectivity index (χ4n) is 5.49. The smallest absolute Gasteiger partial charge is 0.340 e. The number of methoxy groups -OCH3 is 1. The van der Waals surface area contributed by atoms with Gasteiger partial charge in [0, 0.05) is 51.1 Å². The number of nitrogens with zero attached hydrogens (tertiary/aromatic N) is 1. The quantitative estimate of drug-likeness (QED) is 0.133. The molecule has 0 spiro atoms. The zero-order chi connectivity index (χ0) is 32.3. The number of hydrogen-bond acceptors (Lipinski definition) is 7. The number of H-pyrrole nitrogens is 1. The second-order valence-electron chi connectivity index (χ2n) is 11.6. The molecule has 0 aliphatic carbocycles. The van der Waals surface area contributed by atoms with Gasteiger partial charge >= 0.3 is 5.97 Å². The molecule has 1 atom stereocenters. The number of carbonyl (C=O) groups is 2. The van der Waals surface area contributed by atoms with Gasteiger partial charge in [-0.1, -0.05) is 54.1 Å². The maximum absolute atomic E-state index is 13.7. The fraction of sp³-hybridized carbons (Fsp3) is 0.286. The molecule has 9 nitrogen and oxygen atoms in total. The molecule has 234 valence electrons. The molecule has 3 aromatic carbocycles. The minimum atomic E-state index is -0.807. The molecule has 1 amide bonds. The van der Waals surface area contributed by atoms with Crippen molar-refractivity contribution in [3.63, 3.8) is 0 Å². The summed E-state index contributed by atoms with van der Waals surface area (Å²) in [6.07, 6.45) is -0.807. The summed E-state index contributed by atoms with van der Waals surface area (Å²) in [6, 6.07) is 20.9. The fourth-order valence-corrected chi connectivity index (χ4v) is 5.72. The topological polar surface area (TPSA) is 126 Å². The third kappa shape index (κ3) is 6.81. The first kappa shape index (κ1) is 32.0. The summed E-state index contributed by atoms with van der Waals surface area (Å²) in [5, 5.41) is 19.5. The van der Waals surface area contributed by atoms with Crippen LogP contribution in [0.3, 0.4) is 0 Å². The Bertz CT molecular complexity index is 1880. The summed E-state index contributed by atoms with van der Waals surface area (Å²) in [5.74, 6) is -0.327. The van der Waals surface area contributed by atoms with E-state index in [2.05, 4.69) is 20.6 Å². The average Bonchev–Trinajstić information content (AvgIpc) is 3.41. The van der Waals surface area contributed by atoms with Crippen LogP contribution in [-0.4, -0.2) is 65.4 Å². The van der Waals surface area contributed by atoms with Crippen LogP contribution in [0.25, 0.3) is 32.9 Å². The number of aliphatic hydroxyl groups excluding tert-OH is 1. The molecule has 5 aromatic rings. The lowest BCUT2D eigenvalue weighted by molar-refractivity contribution is 0.0600. The minimum Gasteiger partial charge on any atom is -0.490 e. The number of rotatable bonds is 11. The van der Waals surface area contributed by atoms with Gasteiger partial charge in [-0.15, -0.1) is 0 Å². The number of amides is 1. The number of benzene rings is 3. The SMILES string of the molecule is COC(=O)c1c(C)nc(C)c(C(=O)NCC(C)(C)NCC(O)COc2cccc3[nH]c4ccccc4c23)c1-c1ccccc1Cl. The normalized spacial score (nSPS) is 12.3. The first-order valence-electron chi connectivity index (χ1n) is 14.7. The number of nitrogens with one attached hydrogen (secondary N) is 3. The molecule has 2 aromatic heterocycles. The molecule has 2 heterocycles. The number of aromatic nitrogens is 2. The monoisotopic (exact) mass is 628 g/mol. The van der Waals surface area contributed by atoms with E-state index in [0.717, 1.165) is 21.8 Å². The van der Waals surface area contributed by atoms with Crippen molar-refractivity contribution in [1.29, 1.82) is 0 Å². The van der Waals surface area contributed by atoms with Crippen molar-refractivity contribution in [1.82, 2.24) is 20.6 Å². The van der Waals surface area contributed by atoms with Crippen molar-refractivity contribution in [2.45, 2.75) is 39.3 Å². The van der Waals surface area contributed by atoms with Crippen LogP contribution in [0.1, 0.15) is 46.0 Å². The molecule has 45 heavy (non-hydrogen) atoms. The van der Waals surface area contributed by atoms with Gasteiger partial charge in [-0.25, -0.2) is 4.79 Å². The van der Waals surface area contributed by atoms with Crippen LogP contribution < -0.4 is 15.4 Å². The Balaban J connectivity index is 1.27. The predicted molar refractivity (Wildman–Crippen MR) is 177 cm³/mol. The van der Waals surface area contributed by atoms with Crippen molar-refractivity contribution < 1.29 is 24.2 Å². The van der Waals surface area contributed by atoms with Gasteiger partial charge in [-0.3, -0.25) is 9.78 Å². The number of aliphatic hydroxyl groups is 1. The minimum absolute atomic E-state index is 0.0831. The lowest BCUT2D eigenvalue weighted by atomic mass is 9.91. The van der Waals surface area contributed by atoms with E-state index >= 15 is 0 Å². The number of pyridine rings is 1. The summed E-state index contributed by atoms with van der Waals surface area (Å²) < 4.78 is 11.1. The van der Waals surface area contributed by atoms with Crippen molar-refractivity contribution in [2.24, 2.45) is 0 Å². The second-order valence-corrected chi connectivity index (χ2v) is 12.0. The summed E-state index contributed by atoms with van der Waals surface area (Å²) in [4.78, 5) is 34.5. The average molecular weight is 629 g/mol. The van der Waals surface area contributed by atoms with Crippen molar-refractivity contribution >= 4 is 45.3 Å². The van der Waals surface area contributed by atoms with E-state index in [9.17, 15) is 14.7 Å². The molecule has 10 heteroatoms. The first-order valence-corrected chi connectivity index (χ1v) is 15.1. The first-order chi connectivity index (χ1) is 21.5. The van der Waals surface area contributed by atoms with Gasteiger partial charge in [-0.2, -0.15) is 0 Å². The second kappa shape index (κ2) is 13.3. The lowest BCUT2D eigenvalue weighted by Crippen LogP contribution is -2.51. The molecular weight excluding hydrogens is 592 g/mol. The Morgan fingerprint density at radius 3 is 2.42 bits per heavy atom. The Hall–Kier alpha value is -4.44. The number of aromatic amines is 1. The molecule has 1 unspecified atom stereocenters. The van der Waals surface area contributed by atoms with Crippen LogP contribution >= 0.6 is 11.6 Å². The third-order valence-electron chi connectivity index (χ3n) is 7.75. The molecule has 0 saturated carbocycles. The number of fused-ring (bicyclic) bond motifs is 3. The molecule has 0 saturated heterocycles. The summed E-state index contributed by atoms with van der Waals surface area (Å²) >= 11 is 6.54. The van der Waals surface area contributed by atoms with E-state index in [1.807, 2.05) is 56.3 Å². The van der Waals surface area contributed by atoms with Gasteiger partial charge in [0.05, 0.1) is 35.1 Å². The van der Waals surface area contributed by atoms with Crippen LogP contribution in [0.5, 0.6) is 5.75 Å². The van der Waals surface area contributed by atoms with Crippen molar-refractivity contribution in [2.75, 3.05) is 26.8 Å². The molecule has 0 aliphatic heterocycles. The van der Waals surface area contributed by atoms with Crippen molar-refractivity contribution in [3.8, 4) is 16.9 Å². The number of para-hydroxylation sites is 1. The Kier molecular flexibility index (Phi) is 9.43. The van der Waals surface area contributed by atoms with Crippen LogP contribution in [0, 0.1) is 13.8 Å². The van der Waals surface area contributed by atoms with E-state index in [4.69, 9.17) is 21.1 Å². The molecule has 0 bridgehead atoms. The highest BCUT2D eigenvalue weighted by Gasteiger charge is 2.29. The Morgan fingerprint density at radius 2 is 1.67 bits per heavy atom. The van der Waals surface area contributed by atoms with E-state index in [1.54, 1.807) is 38.1 Å². The highest BCUT2D eigenvalue weighted by Crippen LogP contribution is 2.36. The van der Waals surface area contributed by atoms with E-state index < -0.39 is 23.5 Å². The van der Waals surface area contributed by atoms with Crippen molar-refractivity contribution in [3.05, 3.63) is 94.3 Å². The molecule has 5 rings (SSSR count). The number of hydrogen-bond donors (Lipinski definition) is 4. The van der Waals surface area contributed by atoms with Gasteiger partial charge in [0.1, 0.15) is 18.5 Å². The maximum Gasteiger partial charge on any atom is 0.340 e. The predicted octanol–water partition coefficient (Wildman–Crippen LogP) is 5.98. The summed E-state index contributed by atoms with van der Waals surface area (Å²) in [6.45, 7) is 7.79. The molecule has 0 fully saturated rings. The van der Waals surface area contributed by atoms with Gasteiger partial charge in [-0.05, 0) is 52.0 Å². The number of halogens is 1. The van der Waals surface area contributed by atoms with Gasteiger partial charge in [0.25, 0.3) is 5.91 Å². The standard InChI is InChI=1S/C35H37ClN4O5/c1-20-29(32(23-11-6-8-13-25(23)36)30(21(2)39-20)34(43)44-5)33(42)37-19-35(3,4)38-17-22(41)18-45-28-16-10-15-27-31(28)24-12-7-9-14-26(24)40-27/h6-16,22,38,40-41H,17-19H2,1-5H3,(H,37,42). The Morgan fingerprint density at radius 1 is 0.978 bits per heavy atom. The summed E-state index contributed by atoms with van der Waals surface area (Å²) in [5.41, 5.74) is 3.60. The molecule has 4 N–H and O–H groups in total. The molecule has 0 aliphatic rings. The van der Waals surface area contributed by atoms with Crippen LogP contribution in [0.4, 0.5) is 0 Å². The van der Waals surface area contributed by atoms with E-state index in [0.29, 0.717) is 33.3 Å². The van der Waals surface area contributed by atoms with Crippen LogP contribution in [0.15, 0.2) is 66.7 Å². The number of carbonyl (C=O) groups excluding carboxylic acids is 2. The molecule has 0 radical (unpaired) electrons. The number of ether oxygens (including phenoxy) is 2. The number of β-amino-alcohol motifs (C(OH)–C–C–N with tert-alkyl or cyclic N) is 1. The Labute approximate surface area is 266 Å². The van der Waals surface area contributed by atoms with Gasteiger partial charge < -0.3 is 30.2 Å². The highest BCUT2D eigenvalue weighted by atomic mass is 35.5. The zero-order valence-electron chi connectivity index (χ0n) is 26.0. The number of aryl methyl sites for hydroxylation is 2. The van der Waals surface area contributed by atoms with Gasteiger partial charge in [0.2, 0.25) is 0 Å². The van der Waals surface area contributed by atoms with Crippen LogP contribution in [0.2, 0.25) is 5.02 Å². The third-order valence-corrected chi connectivity index (χ3v) is 8.08. The maximum atomic E-state index is 13.7. The highest BCUT2D eigenvalue weighted by molar-refractivity contribution is 6.34. The summed E-state index contributed by atoms with van der Waals surface area (Å²) in [7, 11) is 1.29. The van der Waals surface area contributed by atoms with Gasteiger partial charge in [0.15, 0.2) is 0 Å². The van der Waals surface area contributed by atoms with E-state index in [1.165, 1.54) is 7.11 Å². The van der Waals surface area contributed by atoms with E-state index in [-0.39, 0.29) is 30.8 Å². The number of esters is 1.